The van der Waals surface area contributed by atoms with Crippen molar-refractivity contribution in [3.63, 3.8) is 0 Å². The van der Waals surface area contributed by atoms with Crippen molar-refractivity contribution in [3.8, 4) is 11.1 Å². The molecule has 1 fully saturated rings. The zero-order valence-corrected chi connectivity index (χ0v) is 21.1. The second kappa shape index (κ2) is 13.4. The summed E-state index contributed by atoms with van der Waals surface area (Å²) in [6.45, 7) is 0.431. The predicted octanol–water partition coefficient (Wildman–Crippen LogP) is 6.69. The van der Waals surface area contributed by atoms with Gasteiger partial charge >= 0.3 is 6.09 Å². The summed E-state index contributed by atoms with van der Waals surface area (Å²) >= 11 is 0. The quantitative estimate of drug-likeness (QED) is 0.305. The first-order chi connectivity index (χ1) is 18.1. The molecule has 0 spiro atoms. The molecule has 6 nitrogen and oxygen atoms in total. The number of carbonyl (C=O) groups excluding carboxylic acids is 3. The van der Waals surface area contributed by atoms with Gasteiger partial charge in [-0.25, -0.2) is 4.79 Å². The molecule has 0 bridgehead atoms. The second-order valence-corrected chi connectivity index (χ2v) is 9.53. The van der Waals surface area contributed by atoms with Gasteiger partial charge in [0.25, 0.3) is 0 Å². The highest BCUT2D eigenvalue weighted by Crippen LogP contribution is 2.30. The number of nitrogens with one attached hydrogen (secondary N) is 2. The minimum Gasteiger partial charge on any atom is -0.446 e. The lowest BCUT2D eigenvalue weighted by Gasteiger charge is -2.22. The van der Waals surface area contributed by atoms with Crippen LogP contribution in [0.5, 0.6) is 0 Å². The van der Waals surface area contributed by atoms with E-state index in [0.717, 1.165) is 54.2 Å². The molecule has 0 unspecified atom stereocenters. The highest BCUT2D eigenvalue weighted by atomic mass is 16.6. The van der Waals surface area contributed by atoms with Crippen molar-refractivity contribution in [1.29, 1.82) is 0 Å². The molecule has 2 amide bonds. The fourth-order valence-corrected chi connectivity index (χ4v) is 4.65. The minimum atomic E-state index is -0.415. The summed E-state index contributed by atoms with van der Waals surface area (Å²) in [6, 6.07) is 23.2. The molecule has 37 heavy (non-hydrogen) atoms. The monoisotopic (exact) mass is 498 g/mol. The first-order valence-electron chi connectivity index (χ1n) is 13.1. The van der Waals surface area contributed by atoms with Crippen LogP contribution >= 0.6 is 0 Å². The molecule has 0 radical (unpaired) electrons. The summed E-state index contributed by atoms with van der Waals surface area (Å²) in [7, 11) is 0. The first kappa shape index (κ1) is 26.1. The fourth-order valence-electron chi connectivity index (χ4n) is 4.65. The van der Waals surface area contributed by atoms with E-state index < -0.39 is 6.09 Å². The maximum absolute atomic E-state index is 12.7. The Bertz CT molecular complexity index is 1190. The van der Waals surface area contributed by atoms with E-state index in [1.165, 1.54) is 6.42 Å². The number of ether oxygens (including phenoxy) is 1. The minimum absolute atomic E-state index is 0.0152. The van der Waals surface area contributed by atoms with Crippen molar-refractivity contribution in [2.24, 2.45) is 0 Å². The maximum atomic E-state index is 12.7. The lowest BCUT2D eigenvalue weighted by Crippen LogP contribution is -2.24. The Kier molecular flexibility index (Phi) is 9.47. The van der Waals surface area contributed by atoms with Crippen LogP contribution in [0.2, 0.25) is 0 Å². The van der Waals surface area contributed by atoms with Crippen molar-refractivity contribution in [3.05, 3.63) is 89.5 Å². The van der Waals surface area contributed by atoms with Gasteiger partial charge in [0.1, 0.15) is 12.4 Å². The summed E-state index contributed by atoms with van der Waals surface area (Å²) in [5.74, 6) is -0.0187. The summed E-state index contributed by atoms with van der Waals surface area (Å²) in [5, 5.41) is 5.91. The van der Waals surface area contributed by atoms with Crippen LogP contribution in [0.25, 0.3) is 11.1 Å². The first-order valence-corrected chi connectivity index (χ1v) is 13.1. The van der Waals surface area contributed by atoms with E-state index in [1.54, 1.807) is 12.1 Å². The van der Waals surface area contributed by atoms with Crippen LogP contribution in [-0.2, 0) is 22.5 Å². The number of rotatable bonds is 10. The van der Waals surface area contributed by atoms with Gasteiger partial charge in [0.05, 0.1) is 5.69 Å². The SMILES string of the molecule is O=Cc1ccc(CNC(=O)CCCc2ccc(-c3ccccc3)c(NC(=O)OC3CCCCC3)c2)cc1. The Morgan fingerprint density at radius 3 is 2.35 bits per heavy atom. The van der Waals surface area contributed by atoms with E-state index in [9.17, 15) is 14.4 Å². The van der Waals surface area contributed by atoms with Crippen LogP contribution in [0.1, 0.15) is 66.4 Å². The average Bonchev–Trinajstić information content (AvgIpc) is 2.93. The third-order valence-electron chi connectivity index (χ3n) is 6.71. The van der Waals surface area contributed by atoms with E-state index in [1.807, 2.05) is 60.7 Å². The van der Waals surface area contributed by atoms with Gasteiger partial charge in [0.15, 0.2) is 0 Å². The van der Waals surface area contributed by atoms with Crippen LogP contribution in [0.4, 0.5) is 10.5 Å². The zero-order chi connectivity index (χ0) is 25.9. The summed E-state index contributed by atoms with van der Waals surface area (Å²) < 4.78 is 5.69. The lowest BCUT2D eigenvalue weighted by atomic mass is 9.98. The summed E-state index contributed by atoms with van der Waals surface area (Å²) in [4.78, 5) is 35.8. The Morgan fingerprint density at radius 1 is 0.892 bits per heavy atom. The van der Waals surface area contributed by atoms with Crippen molar-refractivity contribution in [2.45, 2.75) is 64.0 Å². The normalized spacial score (nSPS) is 13.5. The van der Waals surface area contributed by atoms with Crippen LogP contribution in [-0.4, -0.2) is 24.4 Å². The smallest absolute Gasteiger partial charge is 0.411 e. The highest BCUT2D eigenvalue weighted by molar-refractivity contribution is 5.91. The molecule has 1 aliphatic rings. The van der Waals surface area contributed by atoms with Crippen LogP contribution in [0, 0.1) is 0 Å². The molecule has 0 heterocycles. The molecule has 4 rings (SSSR count). The zero-order valence-electron chi connectivity index (χ0n) is 21.1. The molecule has 0 atom stereocenters. The molecule has 1 saturated carbocycles. The largest absolute Gasteiger partial charge is 0.446 e. The molecule has 192 valence electrons. The third-order valence-corrected chi connectivity index (χ3v) is 6.71. The van der Waals surface area contributed by atoms with Gasteiger partial charge in [-0.15, -0.1) is 0 Å². The lowest BCUT2D eigenvalue weighted by molar-refractivity contribution is -0.121. The second-order valence-electron chi connectivity index (χ2n) is 9.53. The van der Waals surface area contributed by atoms with Gasteiger partial charge in [-0.3, -0.25) is 14.9 Å². The van der Waals surface area contributed by atoms with Gasteiger partial charge in [-0.1, -0.05) is 73.2 Å². The molecule has 1 aliphatic carbocycles. The van der Waals surface area contributed by atoms with Crippen molar-refractivity contribution in [2.75, 3.05) is 5.32 Å². The summed E-state index contributed by atoms with van der Waals surface area (Å²) in [5.41, 5.74) is 5.28. The van der Waals surface area contributed by atoms with Crippen molar-refractivity contribution >= 4 is 24.0 Å². The van der Waals surface area contributed by atoms with Gasteiger partial charge in [-0.2, -0.15) is 0 Å². The number of aryl methyl sites for hydroxylation is 1. The molecular weight excluding hydrogens is 464 g/mol. The van der Waals surface area contributed by atoms with Gasteiger partial charge in [0, 0.05) is 24.1 Å². The van der Waals surface area contributed by atoms with Crippen molar-refractivity contribution < 1.29 is 19.1 Å². The number of benzene rings is 3. The molecule has 0 saturated heterocycles. The number of amides is 2. The van der Waals surface area contributed by atoms with Crippen molar-refractivity contribution in [1.82, 2.24) is 5.32 Å². The third kappa shape index (κ3) is 8.04. The molecule has 3 aromatic rings. The number of hydrogen-bond donors (Lipinski definition) is 2. The molecule has 0 aromatic heterocycles. The van der Waals surface area contributed by atoms with Gasteiger partial charge in [-0.05, 0) is 61.3 Å². The number of aldehydes is 1. The molecule has 6 heteroatoms. The van der Waals surface area contributed by atoms with Crippen LogP contribution in [0.3, 0.4) is 0 Å². The Hall–Kier alpha value is -3.93. The van der Waals surface area contributed by atoms with Crippen LogP contribution in [0.15, 0.2) is 72.8 Å². The number of hydrogen-bond acceptors (Lipinski definition) is 4. The fraction of sp³-hybridized carbons (Fsp3) is 0.323. The van der Waals surface area contributed by atoms with E-state index in [2.05, 4.69) is 10.6 Å². The Morgan fingerprint density at radius 2 is 1.62 bits per heavy atom. The molecule has 0 aliphatic heterocycles. The van der Waals surface area contributed by atoms with E-state index in [4.69, 9.17) is 4.74 Å². The standard InChI is InChI=1S/C31H34N2O4/c34-22-25-16-14-24(15-17-25)21-32-30(35)13-7-8-23-18-19-28(26-9-3-1-4-10-26)29(20-23)33-31(36)37-27-11-5-2-6-12-27/h1,3-4,9-10,14-20,22,27H,2,5-8,11-13,21H2,(H,32,35)(H,33,36). The summed E-state index contributed by atoms with van der Waals surface area (Å²) in [6.07, 6.45) is 7.42. The molecule has 2 N–H and O–H groups in total. The average molecular weight is 499 g/mol. The topological polar surface area (TPSA) is 84.5 Å². The molecule has 3 aromatic carbocycles. The maximum Gasteiger partial charge on any atom is 0.411 e. The van der Waals surface area contributed by atoms with E-state index in [-0.39, 0.29) is 12.0 Å². The predicted molar refractivity (Wildman–Crippen MR) is 145 cm³/mol. The van der Waals surface area contributed by atoms with Crippen LogP contribution < -0.4 is 10.6 Å². The Balaban J connectivity index is 1.34. The molecular formula is C31H34N2O4. The number of carbonyl (C=O) groups is 3. The Labute approximate surface area is 218 Å². The van der Waals surface area contributed by atoms with E-state index in [0.29, 0.717) is 37.1 Å². The number of anilines is 1. The van der Waals surface area contributed by atoms with E-state index >= 15 is 0 Å². The van der Waals surface area contributed by atoms with Gasteiger partial charge < -0.3 is 10.1 Å². The highest BCUT2D eigenvalue weighted by Gasteiger charge is 2.19. The van der Waals surface area contributed by atoms with Gasteiger partial charge in [0.2, 0.25) is 5.91 Å².